The molecule has 0 N–H and O–H groups in total. The molecule has 4 nitrogen and oxygen atoms in total. The Labute approximate surface area is 161 Å². The Balaban J connectivity index is 2.18. The largest absolute Gasteiger partial charge is 0.496 e. The van der Waals surface area contributed by atoms with E-state index < -0.39 is 0 Å². The molecular weight excluding hydrogens is 370 g/mol. The first-order valence-electron chi connectivity index (χ1n) is 8.15. The fraction of sp³-hybridized carbons (Fsp3) is 0.200. The first-order valence-corrected chi connectivity index (χ1v) is 9.52. The van der Waals surface area contributed by atoms with Gasteiger partial charge in [-0.05, 0) is 36.4 Å². The van der Waals surface area contributed by atoms with Crippen LogP contribution in [-0.2, 0) is 9.59 Å². The molecule has 0 radical (unpaired) electrons. The summed E-state index contributed by atoms with van der Waals surface area (Å²) in [5, 5.41) is 0.513. The Morgan fingerprint density at radius 1 is 1.08 bits per heavy atom. The van der Waals surface area contributed by atoms with E-state index in [4.69, 9.17) is 16.3 Å². The Bertz CT molecular complexity index is 923. The third-order valence-electron chi connectivity index (χ3n) is 4.19. The summed E-state index contributed by atoms with van der Waals surface area (Å²) in [5.74, 6) is 0.548. The van der Waals surface area contributed by atoms with Crippen molar-refractivity contribution in [2.24, 2.45) is 0 Å². The predicted octanol–water partition coefficient (Wildman–Crippen LogP) is 4.69. The van der Waals surface area contributed by atoms with E-state index in [1.54, 1.807) is 44.4 Å². The molecule has 26 heavy (non-hydrogen) atoms. The molecule has 0 saturated heterocycles. The number of para-hydroxylation sites is 1. The molecule has 0 fully saturated rings. The zero-order valence-electron chi connectivity index (χ0n) is 14.7. The average molecular weight is 388 g/mol. The van der Waals surface area contributed by atoms with Crippen LogP contribution in [0.4, 0.5) is 5.69 Å². The van der Waals surface area contributed by atoms with Crippen LogP contribution >= 0.6 is 23.4 Å². The first kappa shape index (κ1) is 18.5. The van der Waals surface area contributed by atoms with Crippen LogP contribution in [0.15, 0.2) is 47.4 Å². The van der Waals surface area contributed by atoms with Gasteiger partial charge in [0.2, 0.25) is 0 Å². The van der Waals surface area contributed by atoms with Crippen molar-refractivity contribution in [2.45, 2.75) is 13.8 Å². The van der Waals surface area contributed by atoms with E-state index in [2.05, 4.69) is 0 Å². The Morgan fingerprint density at radius 3 is 2.50 bits per heavy atom. The van der Waals surface area contributed by atoms with Gasteiger partial charge in [0, 0.05) is 10.6 Å². The molecule has 2 aromatic rings. The van der Waals surface area contributed by atoms with Crippen molar-refractivity contribution in [3.8, 4) is 5.75 Å². The third-order valence-corrected chi connectivity index (χ3v) is 5.55. The summed E-state index contributed by atoms with van der Waals surface area (Å²) in [6.07, 6.45) is 0. The van der Waals surface area contributed by atoms with Crippen molar-refractivity contribution in [2.75, 3.05) is 17.8 Å². The van der Waals surface area contributed by atoms with Crippen LogP contribution < -0.4 is 9.64 Å². The highest BCUT2D eigenvalue weighted by Gasteiger charge is 2.41. The molecule has 0 bridgehead atoms. The lowest BCUT2D eigenvalue weighted by atomic mass is 10.0. The minimum Gasteiger partial charge on any atom is -0.496 e. The fourth-order valence-electron chi connectivity index (χ4n) is 2.93. The SMILES string of the molecule is CCSC1=C(c2ccccc2OC)C(=O)N(c2cccc(Cl)c2C)C1=O. The maximum atomic E-state index is 13.3. The van der Waals surface area contributed by atoms with Crippen molar-refractivity contribution in [3.05, 3.63) is 63.5 Å². The summed E-state index contributed by atoms with van der Waals surface area (Å²) in [6.45, 7) is 3.74. The number of carbonyl (C=O) groups is 2. The minimum atomic E-state index is -0.360. The lowest BCUT2D eigenvalue weighted by Crippen LogP contribution is -2.32. The van der Waals surface area contributed by atoms with E-state index in [0.29, 0.717) is 43.8 Å². The standard InChI is InChI=1S/C20H18ClNO3S/c1-4-26-18-17(13-8-5-6-11-16(13)25-3)19(23)22(20(18)24)15-10-7-9-14(21)12(15)2/h5-11H,4H2,1-3H3. The van der Waals surface area contributed by atoms with Crippen molar-refractivity contribution in [1.82, 2.24) is 0 Å². The average Bonchev–Trinajstić information content (AvgIpc) is 2.88. The van der Waals surface area contributed by atoms with Gasteiger partial charge >= 0.3 is 0 Å². The number of methoxy groups -OCH3 is 1. The Kier molecular flexibility index (Phi) is 5.39. The van der Waals surface area contributed by atoms with Gasteiger partial charge in [0.1, 0.15) is 5.75 Å². The summed E-state index contributed by atoms with van der Waals surface area (Å²) < 4.78 is 5.41. The summed E-state index contributed by atoms with van der Waals surface area (Å²) in [7, 11) is 1.55. The maximum absolute atomic E-state index is 13.3. The molecule has 2 aromatic carbocycles. The van der Waals surface area contributed by atoms with Gasteiger partial charge in [-0.25, -0.2) is 4.90 Å². The van der Waals surface area contributed by atoms with Gasteiger partial charge in [0.25, 0.3) is 11.8 Å². The molecule has 134 valence electrons. The molecule has 6 heteroatoms. The first-order chi connectivity index (χ1) is 12.5. The maximum Gasteiger partial charge on any atom is 0.272 e. The van der Waals surface area contributed by atoms with Crippen LogP contribution in [0.2, 0.25) is 5.02 Å². The molecule has 1 aliphatic heterocycles. The minimum absolute atomic E-state index is 0.326. The number of nitrogens with zero attached hydrogens (tertiary/aromatic N) is 1. The highest BCUT2D eigenvalue weighted by Crippen LogP contribution is 2.42. The van der Waals surface area contributed by atoms with Crippen molar-refractivity contribution in [3.63, 3.8) is 0 Å². The van der Waals surface area contributed by atoms with E-state index >= 15 is 0 Å². The second kappa shape index (κ2) is 7.56. The van der Waals surface area contributed by atoms with Gasteiger partial charge < -0.3 is 4.74 Å². The lowest BCUT2D eigenvalue weighted by molar-refractivity contribution is -0.119. The van der Waals surface area contributed by atoms with Crippen LogP contribution in [0.5, 0.6) is 5.75 Å². The van der Waals surface area contributed by atoms with E-state index in [-0.39, 0.29) is 11.8 Å². The highest BCUT2D eigenvalue weighted by atomic mass is 35.5. The molecule has 1 aliphatic rings. The predicted molar refractivity (Wildman–Crippen MR) is 107 cm³/mol. The van der Waals surface area contributed by atoms with Gasteiger partial charge in [-0.1, -0.05) is 42.8 Å². The summed E-state index contributed by atoms with van der Waals surface area (Å²) >= 11 is 7.56. The van der Waals surface area contributed by atoms with Crippen LogP contribution in [0.3, 0.4) is 0 Å². The quantitative estimate of drug-likeness (QED) is 0.698. The number of hydrogen-bond donors (Lipinski definition) is 0. The van der Waals surface area contributed by atoms with Crippen molar-refractivity contribution >= 4 is 46.4 Å². The van der Waals surface area contributed by atoms with E-state index in [1.807, 2.05) is 19.1 Å². The molecule has 2 amide bonds. The molecule has 0 spiro atoms. The monoisotopic (exact) mass is 387 g/mol. The van der Waals surface area contributed by atoms with Gasteiger partial charge in [-0.15, -0.1) is 11.8 Å². The number of amides is 2. The number of benzene rings is 2. The number of imide groups is 1. The summed E-state index contributed by atoms with van der Waals surface area (Å²) in [4.78, 5) is 28.0. The van der Waals surface area contributed by atoms with Crippen molar-refractivity contribution in [1.29, 1.82) is 0 Å². The van der Waals surface area contributed by atoms with E-state index in [0.717, 1.165) is 0 Å². The van der Waals surface area contributed by atoms with Gasteiger partial charge in [0.05, 0.1) is 23.3 Å². The molecule has 0 aliphatic carbocycles. The summed E-state index contributed by atoms with van der Waals surface area (Å²) in [6, 6.07) is 12.4. The zero-order valence-corrected chi connectivity index (χ0v) is 16.3. The number of thioether (sulfide) groups is 1. The van der Waals surface area contributed by atoms with E-state index in [9.17, 15) is 9.59 Å². The Hall–Kier alpha value is -2.24. The van der Waals surface area contributed by atoms with Gasteiger partial charge in [-0.3, -0.25) is 9.59 Å². The number of hydrogen-bond acceptors (Lipinski definition) is 4. The molecule has 0 atom stereocenters. The smallest absolute Gasteiger partial charge is 0.272 e. The van der Waals surface area contributed by atoms with Crippen LogP contribution in [0.25, 0.3) is 5.57 Å². The second-order valence-electron chi connectivity index (χ2n) is 5.67. The fourth-order valence-corrected chi connectivity index (χ4v) is 3.95. The number of carbonyl (C=O) groups excluding carboxylic acids is 2. The third kappa shape index (κ3) is 3.02. The molecule has 0 aromatic heterocycles. The van der Waals surface area contributed by atoms with Crippen molar-refractivity contribution < 1.29 is 14.3 Å². The normalized spacial score (nSPS) is 14.4. The van der Waals surface area contributed by atoms with Crippen LogP contribution in [-0.4, -0.2) is 24.7 Å². The van der Waals surface area contributed by atoms with Gasteiger partial charge in [-0.2, -0.15) is 0 Å². The number of halogens is 1. The van der Waals surface area contributed by atoms with Crippen LogP contribution in [0, 0.1) is 6.92 Å². The molecular formula is C20H18ClNO3S. The number of anilines is 1. The topological polar surface area (TPSA) is 46.6 Å². The molecule has 1 heterocycles. The highest BCUT2D eigenvalue weighted by molar-refractivity contribution is 8.04. The zero-order chi connectivity index (χ0) is 18.8. The Morgan fingerprint density at radius 2 is 1.81 bits per heavy atom. The van der Waals surface area contributed by atoms with Gasteiger partial charge in [0.15, 0.2) is 0 Å². The lowest BCUT2D eigenvalue weighted by Gasteiger charge is -2.18. The van der Waals surface area contributed by atoms with Crippen LogP contribution in [0.1, 0.15) is 18.1 Å². The van der Waals surface area contributed by atoms with E-state index in [1.165, 1.54) is 16.7 Å². The number of ether oxygens (including phenoxy) is 1. The number of rotatable bonds is 5. The molecule has 3 rings (SSSR count). The molecule has 0 unspecified atom stereocenters. The summed E-state index contributed by atoms with van der Waals surface area (Å²) in [5.41, 5.74) is 2.19. The second-order valence-corrected chi connectivity index (χ2v) is 7.35. The molecule has 0 saturated carbocycles.